The summed E-state index contributed by atoms with van der Waals surface area (Å²) in [5, 5.41) is 0. The van der Waals surface area contributed by atoms with Gasteiger partial charge in [-0.2, -0.15) is 0 Å². The largest absolute Gasteiger partial charge is 0.427 e. The van der Waals surface area contributed by atoms with Crippen molar-refractivity contribution in [3.63, 3.8) is 0 Å². The van der Waals surface area contributed by atoms with Crippen LogP contribution in [0.2, 0.25) is 0 Å². The normalized spacial score (nSPS) is 10.9. The summed E-state index contributed by atoms with van der Waals surface area (Å²) in [5.74, 6) is 0.810. The molecule has 20 heavy (non-hydrogen) atoms. The SMILES string of the molecule is CCCCCOP(OCCCCC)Oc1ccccc1. The van der Waals surface area contributed by atoms with Gasteiger partial charge in [0, 0.05) is 0 Å². The average molecular weight is 298 g/mol. The van der Waals surface area contributed by atoms with Crippen LogP contribution in [0, 0.1) is 0 Å². The predicted octanol–water partition coefficient (Wildman–Crippen LogP) is 5.71. The summed E-state index contributed by atoms with van der Waals surface area (Å²) < 4.78 is 17.3. The van der Waals surface area contributed by atoms with E-state index in [9.17, 15) is 0 Å². The van der Waals surface area contributed by atoms with Gasteiger partial charge in [-0.25, -0.2) is 0 Å². The lowest BCUT2D eigenvalue weighted by Gasteiger charge is -2.17. The fraction of sp³-hybridized carbons (Fsp3) is 0.625. The molecule has 1 rings (SSSR count). The Hall–Kier alpha value is -0.630. The second-order valence-electron chi connectivity index (χ2n) is 4.71. The van der Waals surface area contributed by atoms with Crippen molar-refractivity contribution in [2.24, 2.45) is 0 Å². The van der Waals surface area contributed by atoms with Crippen molar-refractivity contribution in [3.8, 4) is 5.75 Å². The molecule has 0 atom stereocenters. The maximum Gasteiger partial charge on any atom is 0.397 e. The molecule has 0 aliphatic carbocycles. The monoisotopic (exact) mass is 298 g/mol. The molecule has 0 fully saturated rings. The minimum Gasteiger partial charge on any atom is -0.427 e. The van der Waals surface area contributed by atoms with E-state index in [4.69, 9.17) is 13.6 Å². The molecule has 0 aromatic heterocycles. The van der Waals surface area contributed by atoms with Gasteiger partial charge in [-0.3, -0.25) is 0 Å². The minimum atomic E-state index is -1.27. The van der Waals surface area contributed by atoms with E-state index in [0.29, 0.717) is 13.2 Å². The van der Waals surface area contributed by atoms with Crippen molar-refractivity contribution >= 4 is 8.60 Å². The van der Waals surface area contributed by atoms with Crippen LogP contribution < -0.4 is 4.52 Å². The molecule has 4 heteroatoms. The second-order valence-corrected chi connectivity index (χ2v) is 5.85. The van der Waals surface area contributed by atoms with Gasteiger partial charge in [0.2, 0.25) is 0 Å². The summed E-state index contributed by atoms with van der Waals surface area (Å²) in [6, 6.07) is 9.74. The molecular formula is C16H27O3P. The predicted molar refractivity (Wildman–Crippen MR) is 84.9 cm³/mol. The van der Waals surface area contributed by atoms with Gasteiger partial charge in [-0.05, 0) is 25.0 Å². The van der Waals surface area contributed by atoms with Crippen molar-refractivity contribution in [2.45, 2.75) is 52.4 Å². The summed E-state index contributed by atoms with van der Waals surface area (Å²) in [4.78, 5) is 0. The van der Waals surface area contributed by atoms with Crippen LogP contribution in [0.3, 0.4) is 0 Å². The highest BCUT2D eigenvalue weighted by molar-refractivity contribution is 7.42. The van der Waals surface area contributed by atoms with Gasteiger partial charge >= 0.3 is 8.60 Å². The summed E-state index contributed by atoms with van der Waals surface area (Å²) in [6.45, 7) is 5.79. The maximum atomic E-state index is 5.80. The summed E-state index contributed by atoms with van der Waals surface area (Å²) in [6.07, 6.45) is 6.88. The fourth-order valence-electron chi connectivity index (χ4n) is 1.64. The van der Waals surface area contributed by atoms with Gasteiger partial charge < -0.3 is 13.6 Å². The Kier molecular flexibility index (Phi) is 10.6. The van der Waals surface area contributed by atoms with Crippen LogP contribution in [-0.2, 0) is 9.05 Å². The van der Waals surface area contributed by atoms with Crippen molar-refractivity contribution in [1.29, 1.82) is 0 Å². The first-order chi connectivity index (χ1) is 9.86. The molecule has 0 saturated heterocycles. The number of hydrogen-bond acceptors (Lipinski definition) is 3. The molecule has 0 aliphatic heterocycles. The topological polar surface area (TPSA) is 27.7 Å². The molecule has 1 aromatic carbocycles. The molecule has 1 aromatic rings. The summed E-state index contributed by atoms with van der Waals surface area (Å²) >= 11 is 0. The maximum absolute atomic E-state index is 5.80. The van der Waals surface area contributed by atoms with Crippen LogP contribution >= 0.6 is 8.60 Å². The molecule has 3 nitrogen and oxygen atoms in total. The van der Waals surface area contributed by atoms with E-state index in [2.05, 4.69) is 13.8 Å². The van der Waals surface area contributed by atoms with Crippen molar-refractivity contribution in [1.82, 2.24) is 0 Å². The van der Waals surface area contributed by atoms with E-state index in [-0.39, 0.29) is 0 Å². The van der Waals surface area contributed by atoms with Crippen LogP contribution in [0.25, 0.3) is 0 Å². The zero-order valence-electron chi connectivity index (χ0n) is 12.7. The molecule has 0 radical (unpaired) electrons. The molecule has 0 amide bonds. The first-order valence-corrected chi connectivity index (χ1v) is 8.75. The van der Waals surface area contributed by atoms with Gasteiger partial charge in [0.1, 0.15) is 5.75 Å². The summed E-state index contributed by atoms with van der Waals surface area (Å²) in [5.41, 5.74) is 0. The molecule has 0 N–H and O–H groups in total. The lowest BCUT2D eigenvalue weighted by atomic mass is 10.3. The van der Waals surface area contributed by atoms with Gasteiger partial charge in [0.15, 0.2) is 0 Å². The Morgan fingerprint density at radius 2 is 1.35 bits per heavy atom. The smallest absolute Gasteiger partial charge is 0.397 e. The zero-order valence-corrected chi connectivity index (χ0v) is 13.6. The average Bonchev–Trinajstić information content (AvgIpc) is 2.49. The van der Waals surface area contributed by atoms with Crippen molar-refractivity contribution in [3.05, 3.63) is 30.3 Å². The zero-order chi connectivity index (χ0) is 14.5. The number of hydrogen-bond donors (Lipinski definition) is 0. The van der Waals surface area contributed by atoms with E-state index >= 15 is 0 Å². The molecule has 0 spiro atoms. The Morgan fingerprint density at radius 3 is 1.85 bits per heavy atom. The van der Waals surface area contributed by atoms with Gasteiger partial charge in [0.25, 0.3) is 0 Å². The van der Waals surface area contributed by atoms with Gasteiger partial charge in [0.05, 0.1) is 13.2 Å². The number of unbranched alkanes of at least 4 members (excludes halogenated alkanes) is 4. The van der Waals surface area contributed by atoms with Crippen LogP contribution in [0.1, 0.15) is 52.4 Å². The van der Waals surface area contributed by atoms with Gasteiger partial charge in [-0.1, -0.05) is 57.7 Å². The molecular weight excluding hydrogens is 271 g/mol. The molecule has 0 aliphatic rings. The van der Waals surface area contributed by atoms with E-state index in [1.807, 2.05) is 30.3 Å². The molecule has 0 bridgehead atoms. The molecule has 0 unspecified atom stereocenters. The van der Waals surface area contributed by atoms with E-state index in [0.717, 1.165) is 18.6 Å². The summed E-state index contributed by atoms with van der Waals surface area (Å²) in [7, 11) is -1.27. The van der Waals surface area contributed by atoms with Crippen LogP contribution in [0.15, 0.2) is 30.3 Å². The highest BCUT2D eigenvalue weighted by Crippen LogP contribution is 2.40. The molecule has 0 saturated carbocycles. The number of benzene rings is 1. The Bertz CT molecular complexity index is 307. The van der Waals surface area contributed by atoms with Gasteiger partial charge in [-0.15, -0.1) is 0 Å². The van der Waals surface area contributed by atoms with E-state index in [1.165, 1.54) is 25.7 Å². The second kappa shape index (κ2) is 12.1. The number of para-hydroxylation sites is 1. The minimum absolute atomic E-state index is 0.708. The third-order valence-electron chi connectivity index (χ3n) is 2.81. The van der Waals surface area contributed by atoms with Crippen LogP contribution in [0.4, 0.5) is 0 Å². The highest BCUT2D eigenvalue weighted by atomic mass is 31.2. The lowest BCUT2D eigenvalue weighted by molar-refractivity contribution is 0.199. The fourth-order valence-corrected chi connectivity index (χ4v) is 2.67. The Labute approximate surface area is 124 Å². The lowest BCUT2D eigenvalue weighted by Crippen LogP contribution is -2.00. The van der Waals surface area contributed by atoms with E-state index in [1.54, 1.807) is 0 Å². The Morgan fingerprint density at radius 1 is 0.800 bits per heavy atom. The highest BCUT2D eigenvalue weighted by Gasteiger charge is 2.14. The van der Waals surface area contributed by atoms with Crippen molar-refractivity contribution in [2.75, 3.05) is 13.2 Å². The van der Waals surface area contributed by atoms with E-state index < -0.39 is 8.60 Å². The van der Waals surface area contributed by atoms with Crippen LogP contribution in [-0.4, -0.2) is 13.2 Å². The first kappa shape index (κ1) is 17.4. The molecule has 114 valence electrons. The number of rotatable bonds is 12. The Balaban J connectivity index is 2.33. The van der Waals surface area contributed by atoms with Crippen LogP contribution in [0.5, 0.6) is 5.75 Å². The first-order valence-electron chi connectivity index (χ1n) is 7.65. The van der Waals surface area contributed by atoms with Crippen molar-refractivity contribution < 1.29 is 13.6 Å². The molecule has 0 heterocycles. The third-order valence-corrected chi connectivity index (χ3v) is 3.96. The standard InChI is InChI=1S/C16H27O3P/c1-3-5-10-14-17-20(18-15-11-6-4-2)19-16-12-8-7-9-13-16/h7-9,12-13H,3-6,10-11,14-15H2,1-2H3. The quantitative estimate of drug-likeness (QED) is 0.365. The third kappa shape index (κ3) is 8.52.